The summed E-state index contributed by atoms with van der Waals surface area (Å²) in [4.78, 5) is 11.0. The first-order valence-corrected chi connectivity index (χ1v) is 6.16. The molecule has 0 heterocycles. The van der Waals surface area contributed by atoms with E-state index in [2.05, 4.69) is 15.9 Å². The summed E-state index contributed by atoms with van der Waals surface area (Å²) < 4.78 is 6.48. The molecular formula is C12H13BrO3. The maximum Gasteiger partial charge on any atom is 0.339 e. The van der Waals surface area contributed by atoms with Crippen molar-refractivity contribution in [1.82, 2.24) is 0 Å². The average molecular weight is 285 g/mol. The predicted molar refractivity (Wildman–Crippen MR) is 64.0 cm³/mol. The van der Waals surface area contributed by atoms with Crippen LogP contribution in [0.5, 0.6) is 5.75 Å². The van der Waals surface area contributed by atoms with E-state index in [0.29, 0.717) is 10.2 Å². The number of hydrogen-bond acceptors (Lipinski definition) is 2. The van der Waals surface area contributed by atoms with Gasteiger partial charge in [0.1, 0.15) is 11.3 Å². The van der Waals surface area contributed by atoms with E-state index in [0.717, 1.165) is 25.7 Å². The van der Waals surface area contributed by atoms with Crippen LogP contribution in [0.2, 0.25) is 0 Å². The van der Waals surface area contributed by atoms with Crippen molar-refractivity contribution in [2.75, 3.05) is 0 Å². The van der Waals surface area contributed by atoms with Gasteiger partial charge in [-0.1, -0.05) is 6.07 Å². The summed E-state index contributed by atoms with van der Waals surface area (Å²) in [6, 6.07) is 5.07. The Morgan fingerprint density at radius 1 is 1.38 bits per heavy atom. The van der Waals surface area contributed by atoms with Crippen molar-refractivity contribution in [2.24, 2.45) is 0 Å². The second kappa shape index (κ2) is 4.87. The topological polar surface area (TPSA) is 46.5 Å². The van der Waals surface area contributed by atoms with Gasteiger partial charge in [-0.15, -0.1) is 0 Å². The third-order valence-electron chi connectivity index (χ3n) is 2.78. The average Bonchev–Trinajstić information content (AvgIpc) is 2.73. The summed E-state index contributed by atoms with van der Waals surface area (Å²) in [6.45, 7) is 0. The minimum Gasteiger partial charge on any atom is -0.488 e. The zero-order valence-electron chi connectivity index (χ0n) is 8.78. The Balaban J connectivity index is 2.26. The van der Waals surface area contributed by atoms with E-state index in [4.69, 9.17) is 9.84 Å². The summed E-state index contributed by atoms with van der Waals surface area (Å²) in [5, 5.41) is 9.06. The van der Waals surface area contributed by atoms with Gasteiger partial charge in [0.15, 0.2) is 0 Å². The molecule has 0 aromatic heterocycles. The molecule has 1 fully saturated rings. The van der Waals surface area contributed by atoms with Crippen LogP contribution in [0.3, 0.4) is 0 Å². The molecule has 1 aromatic carbocycles. The van der Waals surface area contributed by atoms with Crippen molar-refractivity contribution in [3.8, 4) is 5.75 Å². The van der Waals surface area contributed by atoms with E-state index in [-0.39, 0.29) is 11.7 Å². The fourth-order valence-corrected chi connectivity index (χ4v) is 2.43. The molecule has 3 nitrogen and oxygen atoms in total. The van der Waals surface area contributed by atoms with Gasteiger partial charge in [0.25, 0.3) is 0 Å². The van der Waals surface area contributed by atoms with Crippen LogP contribution < -0.4 is 4.74 Å². The Hall–Kier alpha value is -1.03. The van der Waals surface area contributed by atoms with E-state index >= 15 is 0 Å². The van der Waals surface area contributed by atoms with Crippen molar-refractivity contribution >= 4 is 21.9 Å². The summed E-state index contributed by atoms with van der Waals surface area (Å²) >= 11 is 3.33. The SMILES string of the molecule is O=C(O)c1cccc(Br)c1OC1CCCC1. The van der Waals surface area contributed by atoms with E-state index in [1.165, 1.54) is 0 Å². The third-order valence-corrected chi connectivity index (χ3v) is 3.41. The first kappa shape index (κ1) is 11.5. The van der Waals surface area contributed by atoms with Crippen LogP contribution in [-0.4, -0.2) is 17.2 Å². The zero-order chi connectivity index (χ0) is 11.5. The Morgan fingerprint density at radius 2 is 2.06 bits per heavy atom. The molecule has 1 aliphatic carbocycles. The summed E-state index contributed by atoms with van der Waals surface area (Å²) in [5.74, 6) is -0.490. The number of carboxylic acids is 1. The van der Waals surface area contributed by atoms with Gasteiger partial charge in [-0.2, -0.15) is 0 Å². The van der Waals surface area contributed by atoms with Crippen LogP contribution in [0, 0.1) is 0 Å². The van der Waals surface area contributed by atoms with Crippen molar-refractivity contribution in [1.29, 1.82) is 0 Å². The number of aromatic carboxylic acids is 1. The smallest absolute Gasteiger partial charge is 0.339 e. The highest BCUT2D eigenvalue weighted by Gasteiger charge is 2.21. The van der Waals surface area contributed by atoms with Gasteiger partial charge in [-0.3, -0.25) is 0 Å². The highest BCUT2D eigenvalue weighted by Crippen LogP contribution is 2.33. The summed E-state index contributed by atoms with van der Waals surface area (Å²) in [6.07, 6.45) is 4.52. The van der Waals surface area contributed by atoms with E-state index < -0.39 is 5.97 Å². The highest BCUT2D eigenvalue weighted by atomic mass is 79.9. The molecule has 86 valence electrons. The third kappa shape index (κ3) is 2.38. The van der Waals surface area contributed by atoms with Gasteiger partial charge in [0.05, 0.1) is 10.6 Å². The Labute approximate surface area is 103 Å². The molecule has 16 heavy (non-hydrogen) atoms. The van der Waals surface area contributed by atoms with Gasteiger partial charge in [-0.05, 0) is 53.7 Å². The minimum absolute atomic E-state index is 0.164. The lowest BCUT2D eigenvalue weighted by atomic mass is 10.2. The number of rotatable bonds is 3. The molecule has 1 aromatic rings. The van der Waals surface area contributed by atoms with Gasteiger partial charge in [-0.25, -0.2) is 4.79 Å². The molecule has 0 unspecified atom stereocenters. The zero-order valence-corrected chi connectivity index (χ0v) is 10.4. The first-order valence-electron chi connectivity index (χ1n) is 5.37. The maximum absolute atomic E-state index is 11.0. The molecule has 0 aliphatic heterocycles. The molecule has 1 aliphatic rings. The number of para-hydroxylation sites is 1. The fourth-order valence-electron chi connectivity index (χ4n) is 1.97. The van der Waals surface area contributed by atoms with Crippen LogP contribution in [0.1, 0.15) is 36.0 Å². The predicted octanol–water partition coefficient (Wildman–Crippen LogP) is 3.47. The summed E-state index contributed by atoms with van der Waals surface area (Å²) in [7, 11) is 0. The number of hydrogen-bond donors (Lipinski definition) is 1. The van der Waals surface area contributed by atoms with Gasteiger partial charge < -0.3 is 9.84 Å². The number of carbonyl (C=O) groups is 1. The molecule has 0 amide bonds. The minimum atomic E-state index is -0.950. The quantitative estimate of drug-likeness (QED) is 0.925. The van der Waals surface area contributed by atoms with Gasteiger partial charge in [0, 0.05) is 0 Å². The molecule has 4 heteroatoms. The molecule has 1 N–H and O–H groups in total. The molecule has 0 atom stereocenters. The number of ether oxygens (including phenoxy) is 1. The van der Waals surface area contributed by atoms with Gasteiger partial charge in [0.2, 0.25) is 0 Å². The molecular weight excluding hydrogens is 272 g/mol. The van der Waals surface area contributed by atoms with Crippen molar-refractivity contribution in [2.45, 2.75) is 31.8 Å². The van der Waals surface area contributed by atoms with Crippen molar-refractivity contribution < 1.29 is 14.6 Å². The first-order chi connectivity index (χ1) is 7.68. The second-order valence-corrected chi connectivity index (χ2v) is 4.80. The lowest BCUT2D eigenvalue weighted by molar-refractivity contribution is 0.0689. The van der Waals surface area contributed by atoms with Crippen LogP contribution >= 0.6 is 15.9 Å². The lowest BCUT2D eigenvalue weighted by Gasteiger charge is -2.16. The fraction of sp³-hybridized carbons (Fsp3) is 0.417. The molecule has 2 rings (SSSR count). The number of halogens is 1. The second-order valence-electron chi connectivity index (χ2n) is 3.95. The maximum atomic E-state index is 11.0. The van der Waals surface area contributed by atoms with Crippen molar-refractivity contribution in [3.63, 3.8) is 0 Å². The summed E-state index contributed by atoms with van der Waals surface area (Å²) in [5.41, 5.74) is 0.223. The Bertz CT molecular complexity index is 397. The molecule has 0 radical (unpaired) electrons. The van der Waals surface area contributed by atoms with E-state index in [1.807, 2.05) is 0 Å². The number of benzene rings is 1. The largest absolute Gasteiger partial charge is 0.488 e. The standard InChI is InChI=1S/C12H13BrO3/c13-10-7-3-6-9(12(14)15)11(10)16-8-4-1-2-5-8/h3,6-8H,1-2,4-5H2,(H,14,15). The van der Waals surface area contributed by atoms with Crippen LogP contribution in [-0.2, 0) is 0 Å². The van der Waals surface area contributed by atoms with E-state index in [9.17, 15) is 4.79 Å². The lowest BCUT2D eigenvalue weighted by Crippen LogP contribution is -2.14. The Kier molecular flexibility index (Phi) is 3.49. The van der Waals surface area contributed by atoms with Crippen molar-refractivity contribution in [3.05, 3.63) is 28.2 Å². The molecule has 0 saturated heterocycles. The molecule has 0 spiro atoms. The highest BCUT2D eigenvalue weighted by molar-refractivity contribution is 9.10. The van der Waals surface area contributed by atoms with Gasteiger partial charge >= 0.3 is 5.97 Å². The van der Waals surface area contributed by atoms with Crippen LogP contribution in [0.25, 0.3) is 0 Å². The molecule has 1 saturated carbocycles. The molecule has 0 bridgehead atoms. The van der Waals surface area contributed by atoms with Crippen LogP contribution in [0.15, 0.2) is 22.7 Å². The number of carboxylic acid groups (broad SMARTS) is 1. The monoisotopic (exact) mass is 284 g/mol. The Morgan fingerprint density at radius 3 is 2.69 bits per heavy atom. The normalized spacial score (nSPS) is 16.3. The van der Waals surface area contributed by atoms with E-state index in [1.54, 1.807) is 18.2 Å². The van der Waals surface area contributed by atoms with Crippen LogP contribution in [0.4, 0.5) is 0 Å².